The molecule has 0 N–H and O–H groups in total. The van der Waals surface area contributed by atoms with E-state index in [-0.39, 0.29) is 5.91 Å². The average Bonchev–Trinajstić information content (AvgIpc) is 2.68. The predicted molar refractivity (Wildman–Crippen MR) is 110 cm³/mol. The van der Waals surface area contributed by atoms with Crippen LogP contribution in [-0.4, -0.2) is 52.9 Å². The number of amides is 1. The van der Waals surface area contributed by atoms with Crippen LogP contribution >= 0.6 is 0 Å². The summed E-state index contributed by atoms with van der Waals surface area (Å²) in [5.41, 5.74) is 5.02. The maximum absolute atomic E-state index is 13.4. The van der Waals surface area contributed by atoms with Crippen molar-refractivity contribution in [1.29, 1.82) is 0 Å². The van der Waals surface area contributed by atoms with Crippen molar-refractivity contribution in [3.05, 3.63) is 40.6 Å². The summed E-state index contributed by atoms with van der Waals surface area (Å²) in [5.74, 6) is 0.166. The number of rotatable bonds is 2. The van der Waals surface area contributed by atoms with Crippen LogP contribution in [0.1, 0.15) is 59.3 Å². The quantitative estimate of drug-likeness (QED) is 0.798. The summed E-state index contributed by atoms with van der Waals surface area (Å²) in [6.45, 7) is 9.85. The number of carbonyl (C=O) groups excluding carboxylic acids is 1. The molecular weight excluding hydrogens is 334 g/mol. The lowest BCUT2D eigenvalue weighted by molar-refractivity contribution is 0.0525. The van der Waals surface area contributed by atoms with Crippen LogP contribution in [0.2, 0.25) is 0 Å². The Kier molecular flexibility index (Phi) is 5.18. The minimum atomic E-state index is 0.166. The second-order valence-electron chi connectivity index (χ2n) is 8.41. The molecule has 0 unspecified atom stereocenters. The lowest BCUT2D eigenvalue weighted by Crippen LogP contribution is -2.52. The third-order valence-corrected chi connectivity index (χ3v) is 6.30. The standard InChI is InChI=1S/C23H31N3O/c1-16-13-17(2)22-20(14-16)21(15-18(3)24-22)23(27)26-11-9-25(10-12-26)19-7-5-4-6-8-19/h13-15,19H,4-12H2,1-3H3. The molecule has 0 spiro atoms. The number of nitrogens with zero attached hydrogens (tertiary/aromatic N) is 3. The zero-order valence-corrected chi connectivity index (χ0v) is 16.9. The first-order valence-electron chi connectivity index (χ1n) is 10.4. The van der Waals surface area contributed by atoms with Crippen LogP contribution in [0.4, 0.5) is 0 Å². The normalized spacial score (nSPS) is 19.6. The number of aryl methyl sites for hydroxylation is 3. The second-order valence-corrected chi connectivity index (χ2v) is 8.41. The number of hydrogen-bond donors (Lipinski definition) is 0. The van der Waals surface area contributed by atoms with E-state index >= 15 is 0 Å². The molecule has 0 atom stereocenters. The molecule has 4 nitrogen and oxygen atoms in total. The molecule has 4 rings (SSSR count). The molecule has 27 heavy (non-hydrogen) atoms. The Balaban J connectivity index is 1.55. The van der Waals surface area contributed by atoms with Crippen molar-refractivity contribution in [3.63, 3.8) is 0 Å². The van der Waals surface area contributed by atoms with Crippen LogP contribution in [0.5, 0.6) is 0 Å². The minimum Gasteiger partial charge on any atom is -0.336 e. The minimum absolute atomic E-state index is 0.166. The van der Waals surface area contributed by atoms with Gasteiger partial charge in [0, 0.05) is 43.3 Å². The van der Waals surface area contributed by atoms with Gasteiger partial charge in [-0.3, -0.25) is 14.7 Å². The van der Waals surface area contributed by atoms with E-state index in [2.05, 4.69) is 30.9 Å². The maximum Gasteiger partial charge on any atom is 0.254 e. The number of piperazine rings is 1. The molecule has 1 aromatic heterocycles. The summed E-state index contributed by atoms with van der Waals surface area (Å²) >= 11 is 0. The first-order valence-corrected chi connectivity index (χ1v) is 10.4. The fourth-order valence-electron chi connectivity index (χ4n) is 4.89. The molecule has 1 aromatic carbocycles. The maximum atomic E-state index is 13.4. The molecule has 1 saturated heterocycles. The predicted octanol–water partition coefficient (Wildman–Crippen LogP) is 4.25. The monoisotopic (exact) mass is 365 g/mol. The van der Waals surface area contributed by atoms with Crippen molar-refractivity contribution in [3.8, 4) is 0 Å². The van der Waals surface area contributed by atoms with Crippen molar-refractivity contribution in [2.45, 2.75) is 58.9 Å². The Bertz CT molecular complexity index is 846. The smallest absolute Gasteiger partial charge is 0.254 e. The summed E-state index contributed by atoms with van der Waals surface area (Å²) in [6, 6.07) is 6.97. The van der Waals surface area contributed by atoms with Gasteiger partial charge in [-0.2, -0.15) is 0 Å². The molecular formula is C23H31N3O. The summed E-state index contributed by atoms with van der Waals surface area (Å²) in [7, 11) is 0. The Morgan fingerprint density at radius 1 is 0.963 bits per heavy atom. The molecule has 144 valence electrons. The van der Waals surface area contributed by atoms with Gasteiger partial charge in [-0.1, -0.05) is 30.9 Å². The van der Waals surface area contributed by atoms with Gasteiger partial charge in [0.2, 0.25) is 0 Å². The highest BCUT2D eigenvalue weighted by atomic mass is 16.2. The lowest BCUT2D eigenvalue weighted by atomic mass is 9.93. The average molecular weight is 366 g/mol. The van der Waals surface area contributed by atoms with Crippen LogP contribution in [-0.2, 0) is 0 Å². The third-order valence-electron chi connectivity index (χ3n) is 6.30. The Labute approximate surface area is 162 Å². The Morgan fingerprint density at radius 2 is 1.67 bits per heavy atom. The summed E-state index contributed by atoms with van der Waals surface area (Å²) in [5, 5.41) is 0.998. The summed E-state index contributed by atoms with van der Waals surface area (Å²) in [6.07, 6.45) is 6.79. The molecule has 1 aliphatic carbocycles. The van der Waals surface area contributed by atoms with Gasteiger partial charge >= 0.3 is 0 Å². The number of aromatic nitrogens is 1. The molecule has 2 aliphatic rings. The van der Waals surface area contributed by atoms with Crippen molar-refractivity contribution >= 4 is 16.8 Å². The largest absolute Gasteiger partial charge is 0.336 e. The van der Waals surface area contributed by atoms with Gasteiger partial charge in [0.05, 0.1) is 11.1 Å². The SMILES string of the molecule is Cc1cc(C)c2nc(C)cc(C(=O)N3CCN(C4CCCCC4)CC3)c2c1. The van der Waals surface area contributed by atoms with Crippen LogP contribution in [0.3, 0.4) is 0 Å². The third kappa shape index (κ3) is 3.73. The topological polar surface area (TPSA) is 36.4 Å². The van der Waals surface area contributed by atoms with E-state index in [0.717, 1.165) is 59.9 Å². The van der Waals surface area contributed by atoms with E-state index in [1.807, 2.05) is 17.9 Å². The van der Waals surface area contributed by atoms with Crippen LogP contribution in [0.15, 0.2) is 18.2 Å². The summed E-state index contributed by atoms with van der Waals surface area (Å²) in [4.78, 5) is 22.7. The molecule has 0 bridgehead atoms. The van der Waals surface area contributed by atoms with E-state index in [4.69, 9.17) is 4.98 Å². The number of fused-ring (bicyclic) bond motifs is 1. The fraction of sp³-hybridized carbons (Fsp3) is 0.565. The highest BCUT2D eigenvalue weighted by Crippen LogP contribution is 2.26. The Hall–Kier alpha value is -1.94. The van der Waals surface area contributed by atoms with Gasteiger partial charge in [0.25, 0.3) is 5.91 Å². The molecule has 4 heteroatoms. The first-order chi connectivity index (χ1) is 13.0. The lowest BCUT2D eigenvalue weighted by Gasteiger charge is -2.40. The fourth-order valence-corrected chi connectivity index (χ4v) is 4.89. The van der Waals surface area contributed by atoms with Crippen molar-refractivity contribution in [2.24, 2.45) is 0 Å². The zero-order chi connectivity index (χ0) is 19.0. The molecule has 0 radical (unpaired) electrons. The zero-order valence-electron chi connectivity index (χ0n) is 16.9. The van der Waals surface area contributed by atoms with E-state index in [0.29, 0.717) is 0 Å². The van der Waals surface area contributed by atoms with Gasteiger partial charge < -0.3 is 4.90 Å². The second kappa shape index (κ2) is 7.59. The number of pyridine rings is 1. The van der Waals surface area contributed by atoms with Crippen LogP contribution < -0.4 is 0 Å². The molecule has 1 aliphatic heterocycles. The molecule has 2 heterocycles. The van der Waals surface area contributed by atoms with Crippen LogP contribution in [0.25, 0.3) is 10.9 Å². The highest BCUT2D eigenvalue weighted by molar-refractivity contribution is 6.07. The molecule has 1 saturated carbocycles. The van der Waals surface area contributed by atoms with Crippen molar-refractivity contribution in [2.75, 3.05) is 26.2 Å². The number of benzene rings is 1. The summed E-state index contributed by atoms with van der Waals surface area (Å²) < 4.78 is 0. The van der Waals surface area contributed by atoms with Gasteiger partial charge in [0.1, 0.15) is 0 Å². The van der Waals surface area contributed by atoms with Gasteiger partial charge in [0.15, 0.2) is 0 Å². The molecule has 2 fully saturated rings. The van der Waals surface area contributed by atoms with Gasteiger partial charge in [-0.05, 0) is 51.3 Å². The van der Waals surface area contributed by atoms with E-state index < -0.39 is 0 Å². The first kappa shape index (κ1) is 18.4. The van der Waals surface area contributed by atoms with Gasteiger partial charge in [-0.15, -0.1) is 0 Å². The molecule has 2 aromatic rings. The molecule has 1 amide bonds. The number of carbonyl (C=O) groups is 1. The number of hydrogen-bond acceptors (Lipinski definition) is 3. The van der Waals surface area contributed by atoms with Gasteiger partial charge in [-0.25, -0.2) is 0 Å². The Morgan fingerprint density at radius 3 is 2.37 bits per heavy atom. The van der Waals surface area contributed by atoms with Crippen LogP contribution in [0, 0.1) is 20.8 Å². The van der Waals surface area contributed by atoms with Crippen molar-refractivity contribution in [1.82, 2.24) is 14.8 Å². The van der Waals surface area contributed by atoms with E-state index in [1.165, 1.54) is 37.7 Å². The van der Waals surface area contributed by atoms with Crippen molar-refractivity contribution < 1.29 is 4.79 Å². The van der Waals surface area contributed by atoms with E-state index in [1.54, 1.807) is 0 Å². The van der Waals surface area contributed by atoms with E-state index in [9.17, 15) is 4.79 Å². The highest BCUT2D eigenvalue weighted by Gasteiger charge is 2.28.